The topological polar surface area (TPSA) is 165 Å². The van der Waals surface area contributed by atoms with Gasteiger partial charge in [-0.15, -0.1) is 0 Å². The highest BCUT2D eigenvalue weighted by atomic mass is 35.5. The van der Waals surface area contributed by atoms with E-state index >= 15 is 0 Å². The van der Waals surface area contributed by atoms with Crippen LogP contribution in [-0.4, -0.2) is 130 Å². The molecule has 1 saturated carbocycles. The maximum atomic E-state index is 13.3. The van der Waals surface area contributed by atoms with Crippen molar-refractivity contribution in [1.29, 1.82) is 0 Å². The second-order valence-corrected chi connectivity index (χ2v) is 16.1. The predicted octanol–water partition coefficient (Wildman–Crippen LogP) is 3.73. The summed E-state index contributed by atoms with van der Waals surface area (Å²) < 4.78 is 14.1. The number of aromatic hydroxyl groups is 1. The Morgan fingerprint density at radius 3 is 2.72 bits per heavy atom. The molecule has 2 aromatic heterocycles. The molecular weight excluding hydrogens is 750 g/mol. The number of ether oxygens (including phenoxy) is 2. The van der Waals surface area contributed by atoms with Crippen molar-refractivity contribution in [3.8, 4) is 5.75 Å². The molecular formula is C42H54ClN7O7. The largest absolute Gasteiger partial charge is 0.506 e. The second kappa shape index (κ2) is 18.5. The Hall–Kier alpha value is -4.31. The molecule has 2 aromatic carbocycles. The number of benzene rings is 2. The van der Waals surface area contributed by atoms with E-state index < -0.39 is 6.10 Å². The highest BCUT2D eigenvalue weighted by Gasteiger charge is 2.41. The van der Waals surface area contributed by atoms with Crippen molar-refractivity contribution in [2.45, 2.75) is 63.3 Å². The molecule has 4 N–H and O–H groups in total. The average molecular weight is 804 g/mol. The summed E-state index contributed by atoms with van der Waals surface area (Å²) in [7, 11) is 1.74. The number of hydrogen-bond acceptors (Lipinski definition) is 10. The molecule has 4 heterocycles. The molecule has 2 amide bonds. The monoisotopic (exact) mass is 803 g/mol. The number of amides is 2. The zero-order valence-corrected chi connectivity index (χ0v) is 33.4. The van der Waals surface area contributed by atoms with E-state index in [-0.39, 0.29) is 47.2 Å². The number of piperidine rings is 1. The smallest absolute Gasteiger partial charge is 0.274 e. The Bertz CT molecular complexity index is 2080. The molecule has 3 fully saturated rings. The van der Waals surface area contributed by atoms with Gasteiger partial charge in [0.15, 0.2) is 0 Å². The molecule has 0 unspecified atom stereocenters. The van der Waals surface area contributed by atoms with Crippen LogP contribution in [0, 0.1) is 5.92 Å². The number of hydrogen-bond donors (Lipinski definition) is 4. The van der Waals surface area contributed by atoms with Gasteiger partial charge in [0.05, 0.1) is 50.0 Å². The minimum Gasteiger partial charge on any atom is -0.506 e. The van der Waals surface area contributed by atoms with E-state index in [2.05, 4.69) is 26.4 Å². The summed E-state index contributed by atoms with van der Waals surface area (Å²) in [4.78, 5) is 46.3. The number of carbonyl (C=O) groups is 2. The van der Waals surface area contributed by atoms with Crippen molar-refractivity contribution in [3.63, 3.8) is 0 Å². The number of rotatable bonds is 17. The van der Waals surface area contributed by atoms with Gasteiger partial charge in [0.1, 0.15) is 11.4 Å². The van der Waals surface area contributed by atoms with Crippen molar-refractivity contribution >= 4 is 34.3 Å². The number of halogens is 1. The number of likely N-dealkylation sites (tertiary alicyclic amines) is 1. The van der Waals surface area contributed by atoms with Crippen molar-refractivity contribution < 1.29 is 29.3 Å². The van der Waals surface area contributed by atoms with Gasteiger partial charge >= 0.3 is 0 Å². The number of fused-ring (bicyclic) bond motifs is 1. The number of aliphatic hydroxyl groups is 1. The van der Waals surface area contributed by atoms with Crippen LogP contribution in [0.3, 0.4) is 0 Å². The zero-order valence-electron chi connectivity index (χ0n) is 32.6. The lowest BCUT2D eigenvalue weighted by atomic mass is 9.89. The number of morpholine rings is 1. The van der Waals surface area contributed by atoms with Gasteiger partial charge in [-0.2, -0.15) is 5.10 Å². The summed E-state index contributed by atoms with van der Waals surface area (Å²) >= 11 is 6.91. The Morgan fingerprint density at radius 2 is 1.91 bits per heavy atom. The molecule has 57 heavy (non-hydrogen) atoms. The molecule has 306 valence electrons. The van der Waals surface area contributed by atoms with Crippen LogP contribution in [0.25, 0.3) is 10.9 Å². The number of pyridine rings is 1. The van der Waals surface area contributed by atoms with Crippen molar-refractivity contribution in [1.82, 2.24) is 34.8 Å². The van der Waals surface area contributed by atoms with Gasteiger partial charge in [-0.3, -0.25) is 24.0 Å². The van der Waals surface area contributed by atoms with Crippen LogP contribution in [0.15, 0.2) is 59.5 Å². The first-order valence-corrected chi connectivity index (χ1v) is 20.5. The molecule has 1 aliphatic carbocycles. The van der Waals surface area contributed by atoms with Crippen LogP contribution in [0.5, 0.6) is 5.75 Å². The number of likely N-dealkylation sites (N-methyl/N-ethyl adjacent to an activating group) is 1. The van der Waals surface area contributed by atoms with E-state index in [1.54, 1.807) is 24.1 Å². The molecule has 1 spiro atoms. The maximum Gasteiger partial charge on any atom is 0.274 e. The molecule has 15 heteroatoms. The van der Waals surface area contributed by atoms with Crippen LogP contribution in [0.4, 0.5) is 0 Å². The van der Waals surface area contributed by atoms with Crippen LogP contribution in [0.1, 0.15) is 65.4 Å². The lowest BCUT2D eigenvalue weighted by Crippen LogP contribution is -2.58. The summed E-state index contributed by atoms with van der Waals surface area (Å²) in [5.74, 6) is 0.593. The normalized spacial score (nSPS) is 17.6. The number of phenols is 1. The van der Waals surface area contributed by atoms with Gasteiger partial charge in [0.25, 0.3) is 5.91 Å². The van der Waals surface area contributed by atoms with Gasteiger partial charge in [-0.25, -0.2) is 0 Å². The fraction of sp³-hybridized carbons (Fsp3) is 0.524. The summed E-state index contributed by atoms with van der Waals surface area (Å²) in [5, 5.41) is 29.9. The van der Waals surface area contributed by atoms with Gasteiger partial charge in [0.2, 0.25) is 11.5 Å². The number of phenolic OH excluding ortho intramolecular Hbond substituents is 1. The van der Waals surface area contributed by atoms with E-state index in [4.69, 9.17) is 21.1 Å². The van der Waals surface area contributed by atoms with E-state index in [9.17, 15) is 24.6 Å². The number of aromatic amines is 1. The highest BCUT2D eigenvalue weighted by molar-refractivity contribution is 6.32. The lowest BCUT2D eigenvalue weighted by molar-refractivity contribution is -0.131. The Morgan fingerprint density at radius 1 is 1.11 bits per heavy atom. The van der Waals surface area contributed by atoms with Gasteiger partial charge < -0.3 is 39.8 Å². The SMILES string of the molecule is CN(CCNC[C@H](O)c1ccc(O)c2[nH]c(=O)ccc12)C(=O)CCOCCc1cccc(CN2CCC3(CC2)CN(C(=O)c2ccn(CC4CC4)n2)CCO3)c1Cl. The molecule has 2 aliphatic heterocycles. The Labute approximate surface area is 337 Å². The summed E-state index contributed by atoms with van der Waals surface area (Å²) in [6, 6.07) is 14.0. The predicted molar refractivity (Wildman–Crippen MR) is 216 cm³/mol. The van der Waals surface area contributed by atoms with Gasteiger partial charge in [0, 0.05) is 82.1 Å². The minimum absolute atomic E-state index is 0.0110. The van der Waals surface area contributed by atoms with Crippen molar-refractivity contribution in [3.05, 3.63) is 92.5 Å². The third kappa shape index (κ3) is 10.4. The van der Waals surface area contributed by atoms with E-state index in [0.717, 1.165) is 55.2 Å². The third-order valence-electron chi connectivity index (χ3n) is 11.5. The molecule has 0 radical (unpaired) electrons. The number of H-pyrrole nitrogens is 1. The molecule has 14 nitrogen and oxygen atoms in total. The van der Waals surface area contributed by atoms with Crippen molar-refractivity contribution in [2.75, 3.05) is 72.7 Å². The number of nitrogens with zero attached hydrogens (tertiary/aromatic N) is 5. The minimum atomic E-state index is -0.874. The standard InChI is InChI=1S/C42H54ClN7O7/c1-47(20-16-44-25-36(52)32-7-9-35(51)40-33(32)8-10-37(53)45-40)38(54)13-23-56-22-12-30-3-2-4-31(39(30)43)27-48-18-14-42(15-19-48)28-49(21-24-57-42)41(55)34-11-17-50(46-34)26-29-5-6-29/h2-4,7-11,17,29,36,44,51-52H,5-6,12-16,18-28H2,1H3,(H,45,53)/t36-/m0/s1. The van der Waals surface area contributed by atoms with Crippen LogP contribution >= 0.6 is 11.6 Å². The summed E-state index contributed by atoms with van der Waals surface area (Å²) in [5.41, 5.74) is 2.79. The van der Waals surface area contributed by atoms with Crippen molar-refractivity contribution in [2.24, 2.45) is 5.92 Å². The average Bonchev–Trinajstić information content (AvgIpc) is 3.91. The summed E-state index contributed by atoms with van der Waals surface area (Å²) in [6.07, 6.45) is 6.11. The Kier molecular flexibility index (Phi) is 13.3. The fourth-order valence-electron chi connectivity index (χ4n) is 7.84. The first kappa shape index (κ1) is 40.9. The molecule has 2 saturated heterocycles. The van der Waals surface area contributed by atoms with Crippen LogP contribution in [-0.2, 0) is 33.8 Å². The Balaban J connectivity index is 0.785. The highest BCUT2D eigenvalue weighted by Crippen LogP contribution is 2.33. The van der Waals surface area contributed by atoms with E-state index in [1.807, 2.05) is 34.0 Å². The van der Waals surface area contributed by atoms with Gasteiger partial charge in [-0.1, -0.05) is 35.9 Å². The lowest BCUT2D eigenvalue weighted by Gasteiger charge is -2.47. The molecule has 0 bridgehead atoms. The maximum absolute atomic E-state index is 13.3. The molecule has 3 aliphatic rings. The third-order valence-corrected chi connectivity index (χ3v) is 12.0. The number of aromatic nitrogens is 3. The first-order valence-electron chi connectivity index (χ1n) is 20.1. The first-order chi connectivity index (χ1) is 27.6. The number of nitrogens with one attached hydrogen (secondary N) is 2. The molecule has 1 atom stereocenters. The zero-order chi connectivity index (χ0) is 39.9. The van der Waals surface area contributed by atoms with E-state index in [1.165, 1.54) is 25.0 Å². The second-order valence-electron chi connectivity index (χ2n) is 15.7. The van der Waals surface area contributed by atoms with Gasteiger partial charge in [-0.05, 0) is 72.9 Å². The quantitative estimate of drug-likeness (QED) is 0.116. The summed E-state index contributed by atoms with van der Waals surface area (Å²) in [6.45, 7) is 6.93. The van der Waals surface area contributed by atoms with Crippen LogP contribution in [0.2, 0.25) is 5.02 Å². The number of aliphatic hydroxyl groups excluding tert-OH is 1. The fourth-order valence-corrected chi connectivity index (χ4v) is 8.12. The van der Waals surface area contributed by atoms with Crippen LogP contribution < -0.4 is 10.9 Å². The van der Waals surface area contributed by atoms with E-state index in [0.29, 0.717) is 75.0 Å². The molecule has 7 rings (SSSR count). The number of carbonyl (C=O) groups excluding carboxylic acids is 2. The molecule has 4 aromatic rings.